The second-order valence-electron chi connectivity index (χ2n) is 2.36. The molecular weight excluding hydrogens is 138 g/mol. The zero-order valence-corrected chi connectivity index (χ0v) is 5.34. The molecule has 5 N–H and O–H groups in total. The van der Waals surface area contributed by atoms with Crippen molar-refractivity contribution in [1.82, 2.24) is 0 Å². The van der Waals surface area contributed by atoms with Crippen LogP contribution in [-0.4, -0.2) is 46.5 Å². The molecule has 0 amide bonds. The van der Waals surface area contributed by atoms with Gasteiger partial charge in [-0.05, 0) is 0 Å². The van der Waals surface area contributed by atoms with Gasteiger partial charge in [0, 0.05) is 0 Å². The van der Waals surface area contributed by atoms with E-state index in [2.05, 4.69) is 4.74 Å². The highest BCUT2D eigenvalue weighted by Crippen LogP contribution is 2.10. The number of hydrogen-bond acceptors (Lipinski definition) is 5. The summed E-state index contributed by atoms with van der Waals surface area (Å²) < 4.78 is 4.55. The van der Waals surface area contributed by atoms with E-state index in [9.17, 15) is 0 Å². The molecule has 0 unspecified atom stereocenters. The van der Waals surface area contributed by atoms with E-state index in [0.717, 1.165) is 0 Å². The molecule has 0 radical (unpaired) electrons. The lowest BCUT2D eigenvalue weighted by atomic mass is 10.0. The number of aliphatic hydroxyl groups excluding tert-OH is 3. The lowest BCUT2D eigenvalue weighted by Crippen LogP contribution is -2.57. The number of rotatable bonds is 0. The van der Waals surface area contributed by atoms with Crippen LogP contribution in [0, 0.1) is 0 Å². The number of ether oxygens (including phenoxy) is 1. The molecule has 0 bridgehead atoms. The van der Waals surface area contributed by atoms with Crippen LogP contribution in [0.2, 0.25) is 0 Å². The molecule has 60 valence electrons. The zero-order valence-electron chi connectivity index (χ0n) is 5.34. The van der Waals surface area contributed by atoms with Gasteiger partial charge in [-0.25, -0.2) is 0 Å². The van der Waals surface area contributed by atoms with Crippen LogP contribution >= 0.6 is 0 Å². The lowest BCUT2D eigenvalue weighted by Gasteiger charge is -2.32. The van der Waals surface area contributed by atoms with Crippen LogP contribution in [0.25, 0.3) is 0 Å². The van der Waals surface area contributed by atoms with Gasteiger partial charge in [-0.15, -0.1) is 0 Å². The van der Waals surface area contributed by atoms with E-state index in [1.807, 2.05) is 0 Å². The molecule has 0 aliphatic carbocycles. The first kappa shape index (κ1) is 7.90. The fourth-order valence-corrected chi connectivity index (χ4v) is 0.825. The van der Waals surface area contributed by atoms with E-state index in [-0.39, 0.29) is 6.61 Å². The van der Waals surface area contributed by atoms with Crippen LogP contribution in [0.15, 0.2) is 0 Å². The lowest BCUT2D eigenvalue weighted by molar-refractivity contribution is -0.219. The van der Waals surface area contributed by atoms with E-state index >= 15 is 0 Å². The van der Waals surface area contributed by atoms with Crippen molar-refractivity contribution in [2.45, 2.75) is 24.5 Å². The molecule has 0 aromatic carbocycles. The summed E-state index contributed by atoms with van der Waals surface area (Å²) >= 11 is 0. The van der Waals surface area contributed by atoms with Crippen molar-refractivity contribution in [3.63, 3.8) is 0 Å². The van der Waals surface area contributed by atoms with Crippen molar-refractivity contribution in [2.24, 2.45) is 5.73 Å². The summed E-state index contributed by atoms with van der Waals surface area (Å²) in [4.78, 5) is 0. The summed E-state index contributed by atoms with van der Waals surface area (Å²) in [6.45, 7) is -0.0284. The Morgan fingerprint density at radius 1 is 1.30 bits per heavy atom. The van der Waals surface area contributed by atoms with Gasteiger partial charge in [-0.1, -0.05) is 0 Å². The van der Waals surface area contributed by atoms with Crippen LogP contribution in [0.1, 0.15) is 0 Å². The molecule has 1 heterocycles. The van der Waals surface area contributed by atoms with Crippen LogP contribution in [-0.2, 0) is 4.74 Å². The maximum Gasteiger partial charge on any atom is 0.182 e. The Hall–Kier alpha value is -0.200. The van der Waals surface area contributed by atoms with Crippen molar-refractivity contribution in [2.75, 3.05) is 6.61 Å². The summed E-state index contributed by atoms with van der Waals surface area (Å²) in [5.74, 6) is 0. The van der Waals surface area contributed by atoms with Crippen LogP contribution in [0.4, 0.5) is 0 Å². The normalized spacial score (nSPS) is 49.2. The zero-order chi connectivity index (χ0) is 7.72. The van der Waals surface area contributed by atoms with Gasteiger partial charge >= 0.3 is 0 Å². The Morgan fingerprint density at radius 3 is 2.40 bits per heavy atom. The molecule has 1 aliphatic rings. The largest absolute Gasteiger partial charge is 0.389 e. The number of aliphatic hydroxyl groups is 3. The first-order chi connectivity index (χ1) is 4.63. The fraction of sp³-hybridized carbons (Fsp3) is 1.00. The van der Waals surface area contributed by atoms with Gasteiger partial charge in [0.05, 0.1) is 18.8 Å². The topological polar surface area (TPSA) is 95.9 Å². The SMILES string of the molecule is N[C@@H]1[C@@H](O)[C@H](O)OC[C@H]1O. The summed E-state index contributed by atoms with van der Waals surface area (Å²) in [6.07, 6.45) is -3.35. The van der Waals surface area contributed by atoms with Gasteiger partial charge in [0.15, 0.2) is 6.29 Å². The maximum atomic E-state index is 8.96. The van der Waals surface area contributed by atoms with E-state index < -0.39 is 24.5 Å². The van der Waals surface area contributed by atoms with E-state index in [4.69, 9.17) is 21.1 Å². The Bertz CT molecular complexity index is 106. The van der Waals surface area contributed by atoms with Gasteiger partial charge in [0.25, 0.3) is 0 Å². The van der Waals surface area contributed by atoms with E-state index in [0.29, 0.717) is 0 Å². The summed E-state index contributed by atoms with van der Waals surface area (Å²) in [7, 11) is 0. The molecule has 10 heavy (non-hydrogen) atoms. The number of hydrogen-bond donors (Lipinski definition) is 4. The molecule has 0 saturated carbocycles. The first-order valence-electron chi connectivity index (χ1n) is 3.04. The Labute approximate surface area is 58.0 Å². The van der Waals surface area contributed by atoms with E-state index in [1.165, 1.54) is 0 Å². The predicted molar refractivity (Wildman–Crippen MR) is 31.9 cm³/mol. The standard InChI is InChI=1S/C5H11NO4/c6-3-2(7)1-10-5(9)4(3)8/h2-5,7-9H,1,6H2/t2-,3+,4-,5-/m1/s1. The molecule has 1 saturated heterocycles. The highest BCUT2D eigenvalue weighted by atomic mass is 16.6. The molecule has 1 rings (SSSR count). The van der Waals surface area contributed by atoms with Crippen molar-refractivity contribution in [1.29, 1.82) is 0 Å². The van der Waals surface area contributed by atoms with Crippen LogP contribution in [0.3, 0.4) is 0 Å². The average molecular weight is 149 g/mol. The minimum absolute atomic E-state index is 0.0284. The Morgan fingerprint density at radius 2 is 1.90 bits per heavy atom. The summed E-state index contributed by atoms with van der Waals surface area (Å²) in [5, 5.41) is 26.7. The first-order valence-corrected chi connectivity index (χ1v) is 3.04. The summed E-state index contributed by atoms with van der Waals surface area (Å²) in [5.41, 5.74) is 5.27. The molecule has 1 aliphatic heterocycles. The number of nitrogens with two attached hydrogens (primary N) is 1. The minimum atomic E-state index is -1.27. The Kier molecular flexibility index (Phi) is 2.22. The van der Waals surface area contributed by atoms with Crippen molar-refractivity contribution >= 4 is 0 Å². The predicted octanol–water partition coefficient (Wildman–Crippen LogP) is -2.62. The van der Waals surface area contributed by atoms with Crippen LogP contribution in [0.5, 0.6) is 0 Å². The smallest absolute Gasteiger partial charge is 0.182 e. The van der Waals surface area contributed by atoms with Crippen molar-refractivity contribution in [3.05, 3.63) is 0 Å². The monoisotopic (exact) mass is 149 g/mol. The molecule has 0 aromatic heterocycles. The van der Waals surface area contributed by atoms with Gasteiger partial charge in [-0.2, -0.15) is 0 Å². The highest BCUT2D eigenvalue weighted by molar-refractivity contribution is 4.84. The Balaban J connectivity index is 2.52. The van der Waals surface area contributed by atoms with Gasteiger partial charge in [-0.3, -0.25) is 0 Å². The highest BCUT2D eigenvalue weighted by Gasteiger charge is 2.34. The third kappa shape index (κ3) is 1.28. The molecule has 1 fully saturated rings. The van der Waals surface area contributed by atoms with Gasteiger partial charge in [0.1, 0.15) is 6.10 Å². The van der Waals surface area contributed by atoms with Gasteiger partial charge < -0.3 is 25.8 Å². The second kappa shape index (κ2) is 2.81. The molecule has 0 spiro atoms. The fourth-order valence-electron chi connectivity index (χ4n) is 0.825. The van der Waals surface area contributed by atoms with Crippen molar-refractivity contribution < 1.29 is 20.1 Å². The van der Waals surface area contributed by atoms with Gasteiger partial charge in [0.2, 0.25) is 0 Å². The molecule has 0 aromatic rings. The van der Waals surface area contributed by atoms with Crippen LogP contribution < -0.4 is 5.73 Å². The quantitative estimate of drug-likeness (QED) is 0.302. The molecule has 5 heteroatoms. The molecule has 5 nitrogen and oxygen atoms in total. The molecular formula is C5H11NO4. The van der Waals surface area contributed by atoms with E-state index in [1.54, 1.807) is 0 Å². The second-order valence-corrected chi connectivity index (χ2v) is 2.36. The summed E-state index contributed by atoms with van der Waals surface area (Å²) in [6, 6.07) is -0.816. The molecule has 4 atom stereocenters. The minimum Gasteiger partial charge on any atom is -0.389 e. The average Bonchev–Trinajstić information content (AvgIpc) is 1.93. The third-order valence-corrected chi connectivity index (χ3v) is 1.57. The maximum absolute atomic E-state index is 8.96. The third-order valence-electron chi connectivity index (χ3n) is 1.57. The van der Waals surface area contributed by atoms with Crippen molar-refractivity contribution in [3.8, 4) is 0 Å².